The van der Waals surface area contributed by atoms with E-state index in [1.807, 2.05) is 15.5 Å². The summed E-state index contributed by atoms with van der Waals surface area (Å²) in [5.74, 6) is -2.75. The Bertz CT molecular complexity index is 1720. The summed E-state index contributed by atoms with van der Waals surface area (Å²) in [6, 6.07) is 13.6. The van der Waals surface area contributed by atoms with Gasteiger partial charge in [-0.05, 0) is 60.5 Å². The van der Waals surface area contributed by atoms with E-state index in [1.165, 1.54) is 19.1 Å². The average molecular weight is 688 g/mol. The molecule has 1 fully saturated rings. The summed E-state index contributed by atoms with van der Waals surface area (Å²) in [7, 11) is 1.80. The summed E-state index contributed by atoms with van der Waals surface area (Å²) in [6.07, 6.45) is -9.37. The minimum atomic E-state index is -4.63. The third-order valence-corrected chi connectivity index (χ3v) is 8.63. The molecule has 0 saturated carbocycles. The van der Waals surface area contributed by atoms with E-state index in [0.29, 0.717) is 64.6 Å². The van der Waals surface area contributed by atoms with Gasteiger partial charge in [-0.2, -0.15) is 26.3 Å². The van der Waals surface area contributed by atoms with Crippen LogP contribution < -0.4 is 20.4 Å². The van der Waals surface area contributed by atoms with Crippen LogP contribution in [0.1, 0.15) is 24.5 Å². The van der Waals surface area contributed by atoms with Gasteiger partial charge >= 0.3 is 12.4 Å². The molecule has 1 amide bonds. The number of hydrogen-bond acceptors (Lipinski definition) is 5. The number of benzene rings is 3. The molecule has 1 unspecified atom stereocenters. The van der Waals surface area contributed by atoms with Gasteiger partial charge in [0.2, 0.25) is 11.9 Å². The zero-order chi connectivity index (χ0) is 33.4. The summed E-state index contributed by atoms with van der Waals surface area (Å²) < 4.78 is 80.0. The molecule has 2 heterocycles. The number of imidazole rings is 1. The largest absolute Gasteiger partial charge is 0.416 e. The number of aryl methyl sites for hydroxylation is 1. The number of carbonyl (C=O) groups excluding carboxylic acids is 1. The maximum absolute atomic E-state index is 13.1. The van der Waals surface area contributed by atoms with Gasteiger partial charge in [0.05, 0.1) is 38.0 Å². The van der Waals surface area contributed by atoms with Crippen LogP contribution in [-0.4, -0.2) is 47.8 Å². The van der Waals surface area contributed by atoms with Crippen molar-refractivity contribution in [1.82, 2.24) is 14.9 Å². The van der Waals surface area contributed by atoms with Crippen LogP contribution in [0.5, 0.6) is 0 Å². The Hall–Kier alpha value is -3.84. The van der Waals surface area contributed by atoms with Crippen LogP contribution in [-0.2, 0) is 24.6 Å². The predicted octanol–water partition coefficient (Wildman–Crippen LogP) is 8.17. The highest BCUT2D eigenvalue weighted by Gasteiger charge is 2.43. The zero-order valence-electron chi connectivity index (χ0n) is 24.7. The molecule has 46 heavy (non-hydrogen) atoms. The maximum Gasteiger partial charge on any atom is 0.416 e. The molecule has 5 rings (SSSR count). The summed E-state index contributed by atoms with van der Waals surface area (Å²) in [5, 5.41) is 6.34. The van der Waals surface area contributed by atoms with Crippen molar-refractivity contribution in [2.75, 3.05) is 41.3 Å². The van der Waals surface area contributed by atoms with E-state index in [9.17, 15) is 31.1 Å². The van der Waals surface area contributed by atoms with Gasteiger partial charge in [0.15, 0.2) is 0 Å². The first-order valence-electron chi connectivity index (χ1n) is 14.4. The van der Waals surface area contributed by atoms with Crippen molar-refractivity contribution in [3.05, 3.63) is 75.8 Å². The number of amides is 1. The Labute approximate surface area is 271 Å². The molecule has 0 aliphatic carbocycles. The van der Waals surface area contributed by atoms with E-state index < -0.39 is 29.7 Å². The Morgan fingerprint density at radius 3 is 2.17 bits per heavy atom. The molecule has 0 bridgehead atoms. The summed E-state index contributed by atoms with van der Waals surface area (Å²) in [6.45, 7) is 3.55. The van der Waals surface area contributed by atoms with Gasteiger partial charge in [-0.1, -0.05) is 36.2 Å². The first-order valence-corrected chi connectivity index (χ1v) is 15.1. The van der Waals surface area contributed by atoms with Crippen LogP contribution in [0, 0.1) is 5.92 Å². The van der Waals surface area contributed by atoms with Crippen LogP contribution in [0.15, 0.2) is 54.6 Å². The van der Waals surface area contributed by atoms with Crippen LogP contribution in [0.3, 0.4) is 0 Å². The second kappa shape index (κ2) is 13.1. The second-order valence-electron chi connectivity index (χ2n) is 11.0. The molecule has 0 spiro atoms. The molecular formula is C31H30Cl2F6N6O. The fraction of sp³-hybridized carbons (Fsp3) is 0.355. The molecule has 15 heteroatoms. The fourth-order valence-electron chi connectivity index (χ4n) is 5.40. The van der Waals surface area contributed by atoms with Crippen molar-refractivity contribution in [3.8, 4) is 0 Å². The number of nitrogens with one attached hydrogen (secondary N) is 2. The number of alkyl halides is 6. The molecule has 7 nitrogen and oxygen atoms in total. The van der Waals surface area contributed by atoms with Crippen molar-refractivity contribution in [1.29, 1.82) is 0 Å². The predicted molar refractivity (Wildman–Crippen MR) is 168 cm³/mol. The number of piperazine rings is 1. The van der Waals surface area contributed by atoms with E-state index in [4.69, 9.17) is 23.2 Å². The normalized spacial score (nSPS) is 14.9. The number of halogens is 8. The SMILES string of the molecule is CCC(C(=O)NCc1ccc(Cl)c(Nc2nc3cc(Cl)c(N4CCN(c5ccc(C(F)(F)F)cc5)CC4)cc3n2C)c1)C(F)(F)F. The van der Waals surface area contributed by atoms with Crippen LogP contribution in [0.4, 0.5) is 49.4 Å². The van der Waals surface area contributed by atoms with Crippen LogP contribution in [0.25, 0.3) is 11.0 Å². The number of rotatable bonds is 8. The van der Waals surface area contributed by atoms with E-state index in [2.05, 4.69) is 20.5 Å². The average Bonchev–Trinajstić information content (AvgIpc) is 3.29. The van der Waals surface area contributed by atoms with E-state index in [-0.39, 0.29) is 13.0 Å². The summed E-state index contributed by atoms with van der Waals surface area (Å²) in [4.78, 5) is 20.9. The topological polar surface area (TPSA) is 65.4 Å². The summed E-state index contributed by atoms with van der Waals surface area (Å²) >= 11 is 13.1. The minimum Gasteiger partial charge on any atom is -0.368 e. The molecule has 2 N–H and O–H groups in total. The molecule has 1 saturated heterocycles. The van der Waals surface area contributed by atoms with Crippen molar-refractivity contribution < 1.29 is 31.1 Å². The standard InChI is InChI=1S/C31H30Cl2F6N6O/c1-3-21(31(37,38)39)28(46)40-17-18-4-9-22(32)24(14-18)41-29-42-25-15-23(33)26(16-27(25)43(29)2)45-12-10-44(11-13-45)20-7-5-19(6-8-20)30(34,35)36/h4-9,14-16,21H,3,10-13,17H2,1-2H3,(H,40,46)(H,41,42). The highest BCUT2D eigenvalue weighted by atomic mass is 35.5. The first-order chi connectivity index (χ1) is 21.7. The fourth-order valence-corrected chi connectivity index (χ4v) is 5.84. The van der Waals surface area contributed by atoms with Gasteiger partial charge in [0, 0.05) is 45.5 Å². The zero-order valence-corrected chi connectivity index (χ0v) is 26.2. The Balaban J connectivity index is 1.28. The van der Waals surface area contributed by atoms with Crippen molar-refractivity contribution >= 4 is 63.2 Å². The molecule has 3 aromatic carbocycles. The lowest BCUT2D eigenvalue weighted by Crippen LogP contribution is -2.46. The van der Waals surface area contributed by atoms with Gasteiger partial charge in [-0.25, -0.2) is 4.98 Å². The Morgan fingerprint density at radius 1 is 0.913 bits per heavy atom. The van der Waals surface area contributed by atoms with E-state index >= 15 is 0 Å². The van der Waals surface area contributed by atoms with Gasteiger partial charge in [0.1, 0.15) is 5.92 Å². The number of carbonyl (C=O) groups is 1. The highest BCUT2D eigenvalue weighted by Crippen LogP contribution is 2.36. The monoisotopic (exact) mass is 686 g/mol. The van der Waals surface area contributed by atoms with Gasteiger partial charge in [0.25, 0.3) is 0 Å². The molecule has 1 aliphatic rings. The van der Waals surface area contributed by atoms with Crippen molar-refractivity contribution in [3.63, 3.8) is 0 Å². The lowest BCUT2D eigenvalue weighted by atomic mass is 10.1. The molecule has 246 valence electrons. The maximum atomic E-state index is 13.1. The molecule has 1 aromatic heterocycles. The second-order valence-corrected chi connectivity index (χ2v) is 11.8. The van der Waals surface area contributed by atoms with Crippen molar-refractivity contribution in [2.45, 2.75) is 32.2 Å². The number of fused-ring (bicyclic) bond motifs is 1. The molecular weight excluding hydrogens is 657 g/mol. The molecule has 0 radical (unpaired) electrons. The lowest BCUT2D eigenvalue weighted by Gasteiger charge is -2.37. The smallest absolute Gasteiger partial charge is 0.368 e. The highest BCUT2D eigenvalue weighted by molar-refractivity contribution is 6.34. The van der Waals surface area contributed by atoms with Gasteiger partial charge < -0.3 is 25.0 Å². The van der Waals surface area contributed by atoms with Gasteiger partial charge in [-0.15, -0.1) is 0 Å². The number of anilines is 4. The Kier molecular flexibility index (Phi) is 9.55. The first kappa shape index (κ1) is 33.5. The summed E-state index contributed by atoms with van der Waals surface area (Å²) in [5.41, 5.74) is 3.18. The number of aromatic nitrogens is 2. The number of nitrogens with zero attached hydrogens (tertiary/aromatic N) is 4. The Morgan fingerprint density at radius 2 is 1.57 bits per heavy atom. The third-order valence-electron chi connectivity index (χ3n) is 7.99. The van der Waals surface area contributed by atoms with Gasteiger partial charge in [-0.3, -0.25) is 4.79 Å². The van der Waals surface area contributed by atoms with E-state index in [1.54, 1.807) is 31.3 Å². The van der Waals surface area contributed by atoms with Crippen LogP contribution >= 0.6 is 23.2 Å². The van der Waals surface area contributed by atoms with Crippen molar-refractivity contribution in [2.24, 2.45) is 13.0 Å². The van der Waals surface area contributed by atoms with Crippen LogP contribution in [0.2, 0.25) is 10.0 Å². The minimum absolute atomic E-state index is 0.120. The lowest BCUT2D eigenvalue weighted by molar-refractivity contribution is -0.183. The molecule has 4 aromatic rings. The molecule has 1 aliphatic heterocycles. The third kappa shape index (κ3) is 7.25. The number of hydrogen-bond donors (Lipinski definition) is 2. The quantitative estimate of drug-likeness (QED) is 0.183. The molecule has 1 atom stereocenters. The van der Waals surface area contributed by atoms with E-state index in [0.717, 1.165) is 23.3 Å².